The van der Waals surface area contributed by atoms with Crippen LogP contribution in [0.2, 0.25) is 0 Å². The van der Waals surface area contributed by atoms with Gasteiger partial charge in [-0.15, -0.1) is 10.2 Å². The Labute approximate surface area is 125 Å². The molecule has 0 bridgehead atoms. The van der Waals surface area contributed by atoms with Crippen molar-refractivity contribution in [2.45, 2.75) is 38.8 Å². The summed E-state index contributed by atoms with van der Waals surface area (Å²) < 4.78 is 5.27. The molecule has 21 heavy (non-hydrogen) atoms. The van der Waals surface area contributed by atoms with Crippen LogP contribution in [0.15, 0.2) is 30.5 Å². The molecule has 0 aliphatic carbocycles. The van der Waals surface area contributed by atoms with Crippen molar-refractivity contribution in [3.05, 3.63) is 30.5 Å². The Kier molecular flexibility index (Phi) is 3.73. The largest absolute Gasteiger partial charge is 0.481 e. The van der Waals surface area contributed by atoms with E-state index in [1.54, 1.807) is 13.3 Å². The van der Waals surface area contributed by atoms with E-state index in [0.29, 0.717) is 18.0 Å². The number of methoxy groups -OCH3 is 1. The number of ether oxygens (including phenoxy) is 1. The molecule has 1 aliphatic heterocycles. The summed E-state index contributed by atoms with van der Waals surface area (Å²) in [5, 5.41) is 8.77. The standard InChI is InChI=1S/C16H20N4O/c1-11-6-7-12(2)20(11)15-9-8-14(18-19-15)13-5-4-10-17-16(13)21-3/h4-5,8-12H,6-7H2,1-3H3. The van der Waals surface area contributed by atoms with E-state index >= 15 is 0 Å². The van der Waals surface area contributed by atoms with Crippen LogP contribution >= 0.6 is 0 Å². The van der Waals surface area contributed by atoms with E-state index < -0.39 is 0 Å². The monoisotopic (exact) mass is 284 g/mol. The lowest BCUT2D eigenvalue weighted by atomic mass is 10.2. The van der Waals surface area contributed by atoms with Gasteiger partial charge in [0.25, 0.3) is 0 Å². The Hall–Kier alpha value is -2.17. The third kappa shape index (κ3) is 2.55. The summed E-state index contributed by atoms with van der Waals surface area (Å²) in [6.07, 6.45) is 4.12. The molecule has 3 heterocycles. The summed E-state index contributed by atoms with van der Waals surface area (Å²) in [4.78, 5) is 6.54. The maximum atomic E-state index is 5.27. The van der Waals surface area contributed by atoms with E-state index in [9.17, 15) is 0 Å². The second-order valence-electron chi connectivity index (χ2n) is 5.52. The van der Waals surface area contributed by atoms with Gasteiger partial charge in [0.15, 0.2) is 5.82 Å². The summed E-state index contributed by atoms with van der Waals surface area (Å²) >= 11 is 0. The van der Waals surface area contributed by atoms with Crippen LogP contribution in [0.25, 0.3) is 11.3 Å². The molecule has 2 unspecified atom stereocenters. The van der Waals surface area contributed by atoms with Crippen molar-refractivity contribution in [1.29, 1.82) is 0 Å². The summed E-state index contributed by atoms with van der Waals surface area (Å²) in [7, 11) is 1.61. The Morgan fingerprint density at radius 1 is 1.10 bits per heavy atom. The molecule has 0 saturated carbocycles. The van der Waals surface area contributed by atoms with Gasteiger partial charge in [-0.25, -0.2) is 4.98 Å². The van der Waals surface area contributed by atoms with Crippen LogP contribution in [-0.2, 0) is 0 Å². The fourth-order valence-electron chi connectivity index (χ4n) is 3.00. The molecule has 3 rings (SSSR count). The van der Waals surface area contributed by atoms with Crippen LogP contribution in [0.1, 0.15) is 26.7 Å². The van der Waals surface area contributed by atoms with Crippen LogP contribution in [0.4, 0.5) is 5.82 Å². The molecule has 110 valence electrons. The van der Waals surface area contributed by atoms with Crippen molar-refractivity contribution in [2.75, 3.05) is 12.0 Å². The van der Waals surface area contributed by atoms with Crippen LogP contribution in [0.5, 0.6) is 5.88 Å². The second-order valence-corrected chi connectivity index (χ2v) is 5.52. The Morgan fingerprint density at radius 3 is 2.48 bits per heavy atom. The van der Waals surface area contributed by atoms with Crippen LogP contribution in [-0.4, -0.2) is 34.4 Å². The van der Waals surface area contributed by atoms with Gasteiger partial charge in [-0.2, -0.15) is 0 Å². The molecule has 5 nitrogen and oxygen atoms in total. The number of rotatable bonds is 3. The number of hydrogen-bond donors (Lipinski definition) is 0. The van der Waals surface area contributed by atoms with E-state index in [2.05, 4.69) is 33.9 Å². The molecular weight excluding hydrogens is 264 g/mol. The first kappa shape index (κ1) is 13.8. The number of anilines is 1. The van der Waals surface area contributed by atoms with Gasteiger partial charge in [0.1, 0.15) is 0 Å². The molecule has 1 fully saturated rings. The molecule has 0 N–H and O–H groups in total. The highest BCUT2D eigenvalue weighted by atomic mass is 16.5. The van der Waals surface area contributed by atoms with E-state index in [-0.39, 0.29) is 0 Å². The van der Waals surface area contributed by atoms with E-state index in [4.69, 9.17) is 4.74 Å². The number of hydrogen-bond acceptors (Lipinski definition) is 5. The minimum Gasteiger partial charge on any atom is -0.481 e. The number of aromatic nitrogens is 3. The quantitative estimate of drug-likeness (QED) is 0.867. The van der Waals surface area contributed by atoms with Crippen LogP contribution in [0, 0.1) is 0 Å². The summed E-state index contributed by atoms with van der Waals surface area (Å²) in [6.45, 7) is 4.48. The Bertz CT molecular complexity index is 604. The van der Waals surface area contributed by atoms with E-state index in [0.717, 1.165) is 17.1 Å². The first-order valence-electron chi connectivity index (χ1n) is 7.32. The predicted octanol–water partition coefficient (Wildman–Crippen LogP) is 2.92. The lowest BCUT2D eigenvalue weighted by Gasteiger charge is -2.26. The minimum atomic E-state index is 0.521. The third-order valence-corrected chi connectivity index (χ3v) is 4.11. The smallest absolute Gasteiger partial charge is 0.222 e. The van der Waals surface area contributed by atoms with Gasteiger partial charge in [0.2, 0.25) is 5.88 Å². The average molecular weight is 284 g/mol. The molecule has 2 aromatic rings. The van der Waals surface area contributed by atoms with Gasteiger partial charge in [0.05, 0.1) is 18.4 Å². The Balaban J connectivity index is 1.91. The first-order valence-corrected chi connectivity index (χ1v) is 7.32. The molecular formula is C16H20N4O. The molecule has 0 amide bonds. The topological polar surface area (TPSA) is 51.1 Å². The SMILES string of the molecule is COc1ncccc1-c1ccc(N2C(C)CCC2C)nn1. The fraction of sp³-hybridized carbons (Fsp3) is 0.438. The molecule has 1 saturated heterocycles. The van der Waals surface area contributed by atoms with E-state index in [1.165, 1.54) is 12.8 Å². The predicted molar refractivity (Wildman–Crippen MR) is 82.5 cm³/mol. The highest BCUT2D eigenvalue weighted by Gasteiger charge is 2.28. The normalized spacial score (nSPS) is 21.6. The van der Waals surface area contributed by atoms with Gasteiger partial charge in [-0.05, 0) is 51.0 Å². The lowest BCUT2D eigenvalue weighted by Crippen LogP contribution is -2.33. The molecule has 2 atom stereocenters. The zero-order chi connectivity index (χ0) is 14.8. The average Bonchev–Trinajstić information content (AvgIpc) is 2.86. The van der Waals surface area contributed by atoms with Crippen molar-refractivity contribution < 1.29 is 4.74 Å². The van der Waals surface area contributed by atoms with E-state index in [1.807, 2.05) is 24.3 Å². The fourth-order valence-corrected chi connectivity index (χ4v) is 3.00. The van der Waals surface area contributed by atoms with Crippen molar-refractivity contribution >= 4 is 5.82 Å². The Morgan fingerprint density at radius 2 is 1.86 bits per heavy atom. The summed E-state index contributed by atoms with van der Waals surface area (Å²) in [6, 6.07) is 8.88. The van der Waals surface area contributed by atoms with Crippen molar-refractivity contribution in [2.24, 2.45) is 0 Å². The van der Waals surface area contributed by atoms with Crippen LogP contribution in [0.3, 0.4) is 0 Å². The molecule has 0 aromatic carbocycles. The van der Waals surface area contributed by atoms with Gasteiger partial charge in [-0.3, -0.25) is 0 Å². The molecule has 0 radical (unpaired) electrons. The maximum Gasteiger partial charge on any atom is 0.222 e. The van der Waals surface area contributed by atoms with Gasteiger partial charge < -0.3 is 9.64 Å². The summed E-state index contributed by atoms with van der Waals surface area (Å²) in [5.74, 6) is 1.52. The van der Waals surface area contributed by atoms with Gasteiger partial charge in [-0.1, -0.05) is 0 Å². The lowest BCUT2D eigenvalue weighted by molar-refractivity contribution is 0.399. The van der Waals surface area contributed by atoms with Gasteiger partial charge >= 0.3 is 0 Å². The zero-order valence-electron chi connectivity index (χ0n) is 12.7. The molecule has 5 heteroatoms. The highest BCUT2D eigenvalue weighted by molar-refractivity contribution is 5.65. The molecule has 2 aromatic heterocycles. The van der Waals surface area contributed by atoms with Crippen molar-refractivity contribution in [1.82, 2.24) is 15.2 Å². The maximum absolute atomic E-state index is 5.27. The second kappa shape index (κ2) is 5.68. The number of nitrogens with zero attached hydrogens (tertiary/aromatic N) is 4. The minimum absolute atomic E-state index is 0.521. The summed E-state index contributed by atoms with van der Waals surface area (Å²) in [5.41, 5.74) is 1.64. The van der Waals surface area contributed by atoms with Crippen molar-refractivity contribution in [3.8, 4) is 17.1 Å². The molecule has 1 aliphatic rings. The van der Waals surface area contributed by atoms with Gasteiger partial charge in [0, 0.05) is 18.3 Å². The highest BCUT2D eigenvalue weighted by Crippen LogP contribution is 2.30. The zero-order valence-corrected chi connectivity index (χ0v) is 12.7. The number of pyridine rings is 1. The third-order valence-electron chi connectivity index (χ3n) is 4.11. The molecule has 0 spiro atoms. The van der Waals surface area contributed by atoms with Crippen molar-refractivity contribution in [3.63, 3.8) is 0 Å². The van der Waals surface area contributed by atoms with Crippen LogP contribution < -0.4 is 9.64 Å². The first-order chi connectivity index (χ1) is 10.2.